The largest absolute Gasteiger partial charge is 0.325 e. The van der Waals surface area contributed by atoms with Gasteiger partial charge >= 0.3 is 0 Å². The fourth-order valence-electron chi connectivity index (χ4n) is 2.95. The number of para-hydroxylation sites is 1. The fourth-order valence-corrected chi connectivity index (χ4v) is 5.01. The van der Waals surface area contributed by atoms with Gasteiger partial charge in [0, 0.05) is 22.6 Å². The lowest BCUT2D eigenvalue weighted by Gasteiger charge is -2.30. The second-order valence-electron chi connectivity index (χ2n) is 6.08. The van der Waals surface area contributed by atoms with Gasteiger partial charge in [0.1, 0.15) is 10.7 Å². The molecule has 0 bridgehead atoms. The van der Waals surface area contributed by atoms with Gasteiger partial charge in [0.25, 0.3) is 0 Å². The van der Waals surface area contributed by atoms with Gasteiger partial charge in [0.2, 0.25) is 15.9 Å². The Balaban J connectivity index is 1.65. The standard InChI is InChI=1S/C18H18FIN2O3S/c19-14-5-1-4-8-17(14)26(24,25)22-11-9-13(10-12-22)18(23)21-16-7-3-2-6-15(16)20/h1-8,13H,9-12H2,(H,21,23). The first-order valence-corrected chi connectivity index (χ1v) is 10.7. The average molecular weight is 488 g/mol. The van der Waals surface area contributed by atoms with E-state index in [1.807, 2.05) is 24.3 Å². The van der Waals surface area contributed by atoms with E-state index in [2.05, 4.69) is 27.9 Å². The highest BCUT2D eigenvalue weighted by atomic mass is 127. The number of nitrogens with one attached hydrogen (secondary N) is 1. The third kappa shape index (κ3) is 4.07. The second-order valence-corrected chi connectivity index (χ2v) is 9.15. The van der Waals surface area contributed by atoms with Crippen molar-refractivity contribution < 1.29 is 17.6 Å². The van der Waals surface area contributed by atoms with E-state index < -0.39 is 15.8 Å². The molecule has 3 rings (SSSR count). The fraction of sp³-hybridized carbons (Fsp3) is 0.278. The minimum Gasteiger partial charge on any atom is -0.325 e. The third-order valence-corrected chi connectivity index (χ3v) is 7.28. The van der Waals surface area contributed by atoms with E-state index in [-0.39, 0.29) is 29.8 Å². The summed E-state index contributed by atoms with van der Waals surface area (Å²) in [5.41, 5.74) is 0.750. The Kier molecular flexibility index (Phi) is 5.93. The summed E-state index contributed by atoms with van der Waals surface area (Å²) in [4.78, 5) is 12.1. The van der Waals surface area contributed by atoms with E-state index in [4.69, 9.17) is 0 Å². The smallest absolute Gasteiger partial charge is 0.245 e. The van der Waals surface area contributed by atoms with E-state index in [1.54, 1.807) is 0 Å². The molecule has 0 radical (unpaired) electrons. The van der Waals surface area contributed by atoms with Crippen LogP contribution in [-0.4, -0.2) is 31.7 Å². The number of hydrogen-bond donors (Lipinski definition) is 1. The van der Waals surface area contributed by atoms with Gasteiger partial charge in [-0.25, -0.2) is 12.8 Å². The molecule has 1 amide bonds. The van der Waals surface area contributed by atoms with Crippen molar-refractivity contribution in [2.45, 2.75) is 17.7 Å². The average Bonchev–Trinajstić information content (AvgIpc) is 2.64. The molecule has 26 heavy (non-hydrogen) atoms. The van der Waals surface area contributed by atoms with Gasteiger partial charge in [-0.15, -0.1) is 0 Å². The summed E-state index contributed by atoms with van der Waals surface area (Å²) in [5.74, 6) is -1.14. The zero-order chi connectivity index (χ0) is 18.7. The molecule has 0 atom stereocenters. The lowest BCUT2D eigenvalue weighted by molar-refractivity contribution is -0.120. The molecule has 2 aromatic carbocycles. The van der Waals surface area contributed by atoms with Crippen LogP contribution in [0.4, 0.5) is 10.1 Å². The summed E-state index contributed by atoms with van der Waals surface area (Å²) < 4.78 is 41.3. The normalized spacial score (nSPS) is 16.4. The van der Waals surface area contributed by atoms with Crippen molar-refractivity contribution in [1.29, 1.82) is 0 Å². The Morgan fingerprint density at radius 3 is 2.35 bits per heavy atom. The Hall–Kier alpha value is -1.52. The molecule has 138 valence electrons. The summed E-state index contributed by atoms with van der Waals surface area (Å²) in [6.45, 7) is 0.390. The Labute approximate surface area is 165 Å². The molecule has 0 saturated carbocycles. The van der Waals surface area contributed by atoms with Crippen molar-refractivity contribution in [3.8, 4) is 0 Å². The number of anilines is 1. The Bertz CT molecular complexity index is 912. The van der Waals surface area contributed by atoms with Crippen LogP contribution >= 0.6 is 22.6 Å². The minimum atomic E-state index is -3.88. The summed E-state index contributed by atoms with van der Waals surface area (Å²) in [6, 6.07) is 12.8. The van der Waals surface area contributed by atoms with E-state index >= 15 is 0 Å². The number of sulfonamides is 1. The number of amides is 1. The van der Waals surface area contributed by atoms with Gasteiger partial charge in [-0.05, 0) is 59.7 Å². The van der Waals surface area contributed by atoms with Gasteiger partial charge in [-0.2, -0.15) is 4.31 Å². The van der Waals surface area contributed by atoms with Gasteiger partial charge in [-0.3, -0.25) is 4.79 Å². The topological polar surface area (TPSA) is 66.5 Å². The molecular weight excluding hydrogens is 470 g/mol. The van der Waals surface area contributed by atoms with Crippen LogP contribution in [0, 0.1) is 15.3 Å². The van der Waals surface area contributed by atoms with E-state index in [9.17, 15) is 17.6 Å². The predicted molar refractivity (Wildman–Crippen MR) is 106 cm³/mol. The molecule has 1 aliphatic heterocycles. The number of rotatable bonds is 4. The van der Waals surface area contributed by atoms with Gasteiger partial charge < -0.3 is 5.32 Å². The first-order chi connectivity index (χ1) is 12.4. The molecule has 1 heterocycles. The van der Waals surface area contributed by atoms with E-state index in [0.717, 1.165) is 15.3 Å². The first kappa shape index (κ1) is 19.2. The molecule has 1 N–H and O–H groups in total. The number of carbonyl (C=O) groups is 1. The third-order valence-electron chi connectivity index (χ3n) is 4.41. The van der Waals surface area contributed by atoms with Crippen molar-refractivity contribution >= 4 is 44.2 Å². The highest BCUT2D eigenvalue weighted by molar-refractivity contribution is 14.1. The number of hydrogen-bond acceptors (Lipinski definition) is 3. The lowest BCUT2D eigenvalue weighted by Crippen LogP contribution is -2.41. The van der Waals surface area contributed by atoms with Crippen molar-refractivity contribution in [2.75, 3.05) is 18.4 Å². The van der Waals surface area contributed by atoms with Crippen LogP contribution in [0.25, 0.3) is 0 Å². The number of halogens is 2. The second kappa shape index (κ2) is 8.01. The zero-order valence-corrected chi connectivity index (χ0v) is 16.8. The number of piperidine rings is 1. The summed E-state index contributed by atoms with van der Waals surface area (Å²) in [7, 11) is -3.88. The molecule has 1 saturated heterocycles. The molecule has 0 unspecified atom stereocenters. The quantitative estimate of drug-likeness (QED) is 0.671. The van der Waals surface area contributed by atoms with Crippen LogP contribution in [-0.2, 0) is 14.8 Å². The summed E-state index contributed by atoms with van der Waals surface area (Å²) in [5, 5.41) is 2.90. The van der Waals surface area contributed by atoms with Crippen molar-refractivity contribution in [1.82, 2.24) is 4.31 Å². The van der Waals surface area contributed by atoms with E-state index in [1.165, 1.54) is 22.5 Å². The molecule has 0 aliphatic carbocycles. The van der Waals surface area contributed by atoms with Crippen molar-refractivity contribution in [2.24, 2.45) is 5.92 Å². The monoisotopic (exact) mass is 488 g/mol. The van der Waals surface area contributed by atoms with Crippen LogP contribution in [0.2, 0.25) is 0 Å². The molecule has 0 spiro atoms. The Morgan fingerprint density at radius 2 is 1.69 bits per heavy atom. The summed E-state index contributed by atoms with van der Waals surface area (Å²) in [6.07, 6.45) is 0.811. The summed E-state index contributed by atoms with van der Waals surface area (Å²) >= 11 is 2.15. The van der Waals surface area contributed by atoms with Crippen LogP contribution in [0.15, 0.2) is 53.4 Å². The first-order valence-electron chi connectivity index (χ1n) is 8.19. The van der Waals surface area contributed by atoms with Gasteiger partial charge in [0.15, 0.2) is 0 Å². The Morgan fingerprint density at radius 1 is 1.08 bits per heavy atom. The van der Waals surface area contributed by atoms with E-state index in [0.29, 0.717) is 12.8 Å². The maximum absolute atomic E-state index is 13.9. The highest BCUT2D eigenvalue weighted by Gasteiger charge is 2.33. The molecule has 0 aromatic heterocycles. The molecule has 2 aromatic rings. The molecular formula is C18H18FIN2O3S. The maximum Gasteiger partial charge on any atom is 0.245 e. The highest BCUT2D eigenvalue weighted by Crippen LogP contribution is 2.26. The van der Waals surface area contributed by atoms with Crippen molar-refractivity contribution in [3.05, 3.63) is 57.9 Å². The van der Waals surface area contributed by atoms with Crippen LogP contribution in [0.1, 0.15) is 12.8 Å². The van der Waals surface area contributed by atoms with Crippen molar-refractivity contribution in [3.63, 3.8) is 0 Å². The molecule has 1 fully saturated rings. The molecule has 1 aliphatic rings. The van der Waals surface area contributed by atoms with Gasteiger partial charge in [-0.1, -0.05) is 24.3 Å². The minimum absolute atomic E-state index is 0.114. The van der Waals surface area contributed by atoms with Gasteiger partial charge in [0.05, 0.1) is 5.69 Å². The number of benzene rings is 2. The lowest BCUT2D eigenvalue weighted by atomic mass is 9.97. The number of carbonyl (C=O) groups excluding carboxylic acids is 1. The zero-order valence-electron chi connectivity index (χ0n) is 13.9. The van der Waals surface area contributed by atoms with Crippen LogP contribution < -0.4 is 5.32 Å². The molecule has 5 nitrogen and oxygen atoms in total. The van der Waals surface area contributed by atoms with Crippen LogP contribution in [0.5, 0.6) is 0 Å². The SMILES string of the molecule is O=C(Nc1ccccc1I)C1CCN(S(=O)(=O)c2ccccc2F)CC1. The number of nitrogens with zero attached hydrogens (tertiary/aromatic N) is 1. The maximum atomic E-state index is 13.9. The van der Waals surface area contributed by atoms with Crippen LogP contribution in [0.3, 0.4) is 0 Å². The molecule has 8 heteroatoms. The predicted octanol–water partition coefficient (Wildman–Crippen LogP) is 3.47.